The van der Waals surface area contributed by atoms with E-state index in [-0.39, 0.29) is 18.6 Å². The molecule has 1 atom stereocenters. The molecule has 1 N–H and O–H groups in total. The van der Waals surface area contributed by atoms with Crippen LogP contribution in [0.3, 0.4) is 0 Å². The minimum Gasteiger partial charge on any atom is -0.493 e. The van der Waals surface area contributed by atoms with E-state index in [4.69, 9.17) is 14.2 Å². The normalized spacial score (nSPS) is 17.3. The van der Waals surface area contributed by atoms with Crippen LogP contribution in [0.1, 0.15) is 37.3 Å². The largest absolute Gasteiger partial charge is 0.493 e. The predicted octanol–water partition coefficient (Wildman–Crippen LogP) is 3.99. The molecule has 4 rings (SSSR count). The zero-order valence-electron chi connectivity index (χ0n) is 16.7. The highest BCUT2D eigenvalue weighted by molar-refractivity contribution is 5.96. The Morgan fingerprint density at radius 2 is 1.89 bits per heavy atom. The minimum atomic E-state index is -0.100. The van der Waals surface area contributed by atoms with Gasteiger partial charge in [-0.1, -0.05) is 19.9 Å². The molecule has 1 amide bonds. The second kappa shape index (κ2) is 7.26. The van der Waals surface area contributed by atoms with Crippen LogP contribution in [0.25, 0.3) is 0 Å². The van der Waals surface area contributed by atoms with Gasteiger partial charge < -0.3 is 24.4 Å². The summed E-state index contributed by atoms with van der Waals surface area (Å²) in [7, 11) is 4.01. The second-order valence-electron chi connectivity index (χ2n) is 7.92. The molecule has 2 heterocycles. The molecule has 28 heavy (non-hydrogen) atoms. The average Bonchev–Trinajstić information content (AvgIpc) is 3.11. The van der Waals surface area contributed by atoms with Gasteiger partial charge in [0, 0.05) is 55.5 Å². The number of anilines is 2. The number of hydrogen-bond donors (Lipinski definition) is 1. The summed E-state index contributed by atoms with van der Waals surface area (Å²) >= 11 is 0. The Morgan fingerprint density at radius 3 is 2.61 bits per heavy atom. The zero-order chi connectivity index (χ0) is 19.8. The molecule has 2 aromatic rings. The molecule has 1 unspecified atom stereocenters. The Hall–Kier alpha value is -2.89. The third-order valence-electron chi connectivity index (χ3n) is 5.04. The highest BCUT2D eigenvalue weighted by atomic mass is 16.7. The summed E-state index contributed by atoms with van der Waals surface area (Å²) in [5.41, 5.74) is 3.88. The van der Waals surface area contributed by atoms with E-state index in [2.05, 4.69) is 37.4 Å². The lowest BCUT2D eigenvalue weighted by Gasteiger charge is -2.28. The zero-order valence-corrected chi connectivity index (χ0v) is 16.7. The number of nitrogens with zero attached hydrogens (tertiary/aromatic N) is 1. The molecule has 0 radical (unpaired) electrons. The Kier molecular flexibility index (Phi) is 4.79. The van der Waals surface area contributed by atoms with Crippen LogP contribution < -0.4 is 24.4 Å². The number of fused-ring (bicyclic) bond motifs is 2. The van der Waals surface area contributed by atoms with Crippen molar-refractivity contribution in [1.29, 1.82) is 0 Å². The van der Waals surface area contributed by atoms with Crippen LogP contribution in [-0.2, 0) is 4.79 Å². The van der Waals surface area contributed by atoms with Crippen molar-refractivity contribution in [2.45, 2.75) is 26.2 Å². The van der Waals surface area contributed by atoms with Crippen LogP contribution in [0.15, 0.2) is 30.3 Å². The standard InChI is InChI=1S/C22H26N2O4/c1-13(2)11-26-19-7-14(24(3)4)5-6-15(19)16-9-22(25)23-18-10-21-20(8-17(16)18)27-12-28-21/h5-8,10,13,16H,9,11-12H2,1-4H3,(H,23,25). The lowest BCUT2D eigenvalue weighted by atomic mass is 9.84. The number of rotatable bonds is 5. The third kappa shape index (κ3) is 3.46. The van der Waals surface area contributed by atoms with Crippen LogP contribution in [-0.4, -0.2) is 33.4 Å². The molecule has 0 fully saturated rings. The SMILES string of the molecule is CC(C)COc1cc(N(C)C)ccc1C1CC(=O)Nc2cc3c(cc21)OCO3. The highest BCUT2D eigenvalue weighted by Crippen LogP contribution is 2.46. The molecular weight excluding hydrogens is 356 g/mol. The van der Waals surface area contributed by atoms with Gasteiger partial charge in [-0.3, -0.25) is 4.79 Å². The minimum absolute atomic E-state index is 0.0112. The Morgan fingerprint density at radius 1 is 1.14 bits per heavy atom. The summed E-state index contributed by atoms with van der Waals surface area (Å²) in [5, 5.41) is 2.97. The first-order valence-electron chi connectivity index (χ1n) is 9.60. The van der Waals surface area contributed by atoms with Gasteiger partial charge in [-0.05, 0) is 23.6 Å². The van der Waals surface area contributed by atoms with E-state index in [1.807, 2.05) is 31.1 Å². The van der Waals surface area contributed by atoms with E-state index < -0.39 is 0 Å². The van der Waals surface area contributed by atoms with E-state index in [0.29, 0.717) is 24.7 Å². The van der Waals surface area contributed by atoms with Crippen molar-refractivity contribution >= 4 is 17.3 Å². The van der Waals surface area contributed by atoms with Gasteiger partial charge in [0.25, 0.3) is 0 Å². The lowest BCUT2D eigenvalue weighted by Crippen LogP contribution is -2.24. The number of carbonyl (C=O) groups excluding carboxylic acids is 1. The molecule has 0 saturated carbocycles. The van der Waals surface area contributed by atoms with E-state index in [1.54, 1.807) is 0 Å². The number of hydrogen-bond acceptors (Lipinski definition) is 5. The molecule has 6 nitrogen and oxygen atoms in total. The molecular formula is C22H26N2O4. The fourth-order valence-corrected chi connectivity index (χ4v) is 3.60. The van der Waals surface area contributed by atoms with Crippen molar-refractivity contribution in [3.63, 3.8) is 0 Å². The molecule has 148 valence electrons. The van der Waals surface area contributed by atoms with Gasteiger partial charge in [-0.2, -0.15) is 0 Å². The number of carbonyl (C=O) groups is 1. The van der Waals surface area contributed by atoms with E-state index in [0.717, 1.165) is 34.0 Å². The number of benzene rings is 2. The highest BCUT2D eigenvalue weighted by Gasteiger charge is 2.31. The maximum absolute atomic E-state index is 12.4. The molecule has 0 saturated heterocycles. The average molecular weight is 382 g/mol. The Labute approximate surface area is 165 Å². The first kappa shape index (κ1) is 18.5. The van der Waals surface area contributed by atoms with Crippen molar-refractivity contribution in [3.05, 3.63) is 41.5 Å². The van der Waals surface area contributed by atoms with E-state index >= 15 is 0 Å². The molecule has 0 spiro atoms. The van der Waals surface area contributed by atoms with Gasteiger partial charge in [0.2, 0.25) is 12.7 Å². The molecule has 2 aromatic carbocycles. The summed E-state index contributed by atoms with van der Waals surface area (Å²) in [6.45, 7) is 5.08. The van der Waals surface area contributed by atoms with Crippen LogP contribution in [0.4, 0.5) is 11.4 Å². The summed E-state index contributed by atoms with van der Waals surface area (Å²) in [5.74, 6) is 2.50. The first-order chi connectivity index (χ1) is 13.4. The van der Waals surface area contributed by atoms with Gasteiger partial charge in [0.15, 0.2) is 11.5 Å². The van der Waals surface area contributed by atoms with Crippen molar-refractivity contribution in [3.8, 4) is 17.2 Å². The van der Waals surface area contributed by atoms with Crippen molar-refractivity contribution in [2.24, 2.45) is 5.92 Å². The monoisotopic (exact) mass is 382 g/mol. The van der Waals surface area contributed by atoms with Crippen LogP contribution >= 0.6 is 0 Å². The fraction of sp³-hybridized carbons (Fsp3) is 0.409. The Bertz CT molecular complexity index is 908. The van der Waals surface area contributed by atoms with Crippen molar-refractivity contribution in [2.75, 3.05) is 37.7 Å². The van der Waals surface area contributed by atoms with Gasteiger partial charge in [0.05, 0.1) is 6.61 Å². The van der Waals surface area contributed by atoms with Crippen LogP contribution in [0.2, 0.25) is 0 Å². The summed E-state index contributed by atoms with van der Waals surface area (Å²) < 4.78 is 17.2. The molecule has 2 aliphatic rings. The number of ether oxygens (including phenoxy) is 3. The van der Waals surface area contributed by atoms with Gasteiger partial charge >= 0.3 is 0 Å². The first-order valence-corrected chi connectivity index (χ1v) is 9.60. The maximum Gasteiger partial charge on any atom is 0.231 e. The van der Waals surface area contributed by atoms with Gasteiger partial charge in [-0.15, -0.1) is 0 Å². The number of nitrogens with one attached hydrogen (secondary N) is 1. The van der Waals surface area contributed by atoms with E-state index in [1.165, 1.54) is 0 Å². The molecule has 0 aromatic heterocycles. The topological polar surface area (TPSA) is 60.0 Å². The van der Waals surface area contributed by atoms with Crippen molar-refractivity contribution < 1.29 is 19.0 Å². The predicted molar refractivity (Wildman–Crippen MR) is 109 cm³/mol. The summed E-state index contributed by atoms with van der Waals surface area (Å²) in [6.07, 6.45) is 0.367. The second-order valence-corrected chi connectivity index (χ2v) is 7.92. The molecule has 0 bridgehead atoms. The molecule has 2 aliphatic heterocycles. The van der Waals surface area contributed by atoms with Crippen molar-refractivity contribution in [1.82, 2.24) is 0 Å². The van der Waals surface area contributed by atoms with Gasteiger partial charge in [-0.25, -0.2) is 0 Å². The van der Waals surface area contributed by atoms with Crippen LogP contribution in [0, 0.1) is 5.92 Å². The fourth-order valence-electron chi connectivity index (χ4n) is 3.60. The van der Waals surface area contributed by atoms with E-state index in [9.17, 15) is 4.79 Å². The summed E-state index contributed by atoms with van der Waals surface area (Å²) in [6, 6.07) is 10.0. The smallest absolute Gasteiger partial charge is 0.231 e. The Balaban J connectivity index is 1.79. The number of amides is 1. The summed E-state index contributed by atoms with van der Waals surface area (Å²) in [4.78, 5) is 14.5. The maximum atomic E-state index is 12.4. The molecule has 6 heteroatoms. The quantitative estimate of drug-likeness (QED) is 0.847. The van der Waals surface area contributed by atoms with Gasteiger partial charge in [0.1, 0.15) is 5.75 Å². The third-order valence-corrected chi connectivity index (χ3v) is 5.04. The lowest BCUT2D eigenvalue weighted by molar-refractivity contribution is -0.116. The van der Waals surface area contributed by atoms with Crippen LogP contribution in [0.5, 0.6) is 17.2 Å². The molecule has 0 aliphatic carbocycles.